The van der Waals surface area contributed by atoms with Crippen LogP contribution in [0.15, 0.2) is 0 Å². The molecule has 0 aromatic carbocycles. The van der Waals surface area contributed by atoms with Crippen molar-refractivity contribution in [2.75, 3.05) is 45.8 Å². The van der Waals surface area contributed by atoms with Crippen LogP contribution in [0.2, 0.25) is 0 Å². The Kier molecular flexibility index (Phi) is 6.91. The fourth-order valence-electron chi connectivity index (χ4n) is 1.95. The highest BCUT2D eigenvalue weighted by atomic mass is 16.2. The van der Waals surface area contributed by atoms with E-state index in [4.69, 9.17) is 11.5 Å². The fraction of sp³-hybridized carbons (Fsp3) is 0.909. The zero-order chi connectivity index (χ0) is 12.5. The van der Waals surface area contributed by atoms with Gasteiger partial charge in [-0.1, -0.05) is 0 Å². The predicted molar refractivity (Wildman–Crippen MR) is 68.7 cm³/mol. The number of carbonyl (C=O) groups excluding carboxylic acids is 1. The summed E-state index contributed by atoms with van der Waals surface area (Å²) in [5.74, 6) is 0.492. The molecular weight excluding hydrogens is 218 g/mol. The minimum absolute atomic E-state index is 0.0466. The molecule has 0 bridgehead atoms. The van der Waals surface area contributed by atoms with Crippen molar-refractivity contribution in [3.63, 3.8) is 0 Å². The highest BCUT2D eigenvalue weighted by Crippen LogP contribution is 2.02. The summed E-state index contributed by atoms with van der Waals surface area (Å²) >= 11 is 0. The molecule has 0 aliphatic carbocycles. The second-order valence-electron chi connectivity index (χ2n) is 4.46. The topological polar surface area (TPSA) is 96.4 Å². The van der Waals surface area contributed by atoms with Crippen LogP contribution in [0, 0.1) is 5.92 Å². The van der Waals surface area contributed by atoms with E-state index in [1.54, 1.807) is 0 Å². The number of carbonyl (C=O) groups is 1. The monoisotopic (exact) mass is 243 g/mol. The summed E-state index contributed by atoms with van der Waals surface area (Å²) in [6.07, 6.45) is 2.10. The van der Waals surface area contributed by atoms with Crippen molar-refractivity contribution in [2.45, 2.75) is 12.8 Å². The first-order chi connectivity index (χ1) is 8.27. The molecule has 17 heavy (non-hydrogen) atoms. The molecule has 0 spiro atoms. The molecule has 6 nitrogen and oxygen atoms in total. The smallest absolute Gasteiger partial charge is 0.317 e. The number of rotatable bonds is 9. The first-order valence-electron chi connectivity index (χ1n) is 6.41. The Labute approximate surface area is 103 Å². The van der Waals surface area contributed by atoms with Gasteiger partial charge in [-0.3, -0.25) is 0 Å². The molecule has 6 heteroatoms. The summed E-state index contributed by atoms with van der Waals surface area (Å²) in [5.41, 5.74) is 11.2. The van der Waals surface area contributed by atoms with Crippen molar-refractivity contribution >= 4 is 6.03 Å². The number of amides is 2. The van der Waals surface area contributed by atoms with Crippen LogP contribution in [0.25, 0.3) is 0 Å². The SMILES string of the molecule is NCCCC(CN)CNCCN1CCNC1=O. The van der Waals surface area contributed by atoms with Gasteiger partial charge in [-0.15, -0.1) is 0 Å². The maximum Gasteiger partial charge on any atom is 0.317 e. The molecule has 0 saturated carbocycles. The van der Waals surface area contributed by atoms with Crippen molar-refractivity contribution in [1.82, 2.24) is 15.5 Å². The van der Waals surface area contributed by atoms with Gasteiger partial charge in [-0.25, -0.2) is 4.79 Å². The second kappa shape index (κ2) is 8.27. The van der Waals surface area contributed by atoms with Crippen LogP contribution in [0.5, 0.6) is 0 Å². The second-order valence-corrected chi connectivity index (χ2v) is 4.46. The fourth-order valence-corrected chi connectivity index (χ4v) is 1.95. The van der Waals surface area contributed by atoms with Gasteiger partial charge in [-0.05, 0) is 38.4 Å². The zero-order valence-electron chi connectivity index (χ0n) is 10.5. The van der Waals surface area contributed by atoms with Crippen LogP contribution in [-0.2, 0) is 0 Å². The van der Waals surface area contributed by atoms with E-state index in [2.05, 4.69) is 10.6 Å². The van der Waals surface area contributed by atoms with Gasteiger partial charge in [0.15, 0.2) is 0 Å². The number of nitrogens with zero attached hydrogens (tertiary/aromatic N) is 1. The Morgan fingerprint density at radius 1 is 1.47 bits per heavy atom. The molecule has 1 heterocycles. The van der Waals surface area contributed by atoms with Crippen LogP contribution < -0.4 is 22.1 Å². The third kappa shape index (κ3) is 5.34. The first-order valence-corrected chi connectivity index (χ1v) is 6.41. The summed E-state index contributed by atoms with van der Waals surface area (Å²) in [6.45, 7) is 5.49. The van der Waals surface area contributed by atoms with Crippen LogP contribution in [0.4, 0.5) is 4.79 Å². The Balaban J connectivity index is 2.03. The van der Waals surface area contributed by atoms with E-state index in [1.165, 1.54) is 0 Å². The lowest BCUT2D eigenvalue weighted by Gasteiger charge is -2.17. The molecule has 1 saturated heterocycles. The molecule has 2 amide bonds. The standard InChI is InChI=1S/C11H25N5O/c12-3-1-2-10(8-13)9-14-4-6-16-7-5-15-11(16)17/h10,14H,1-9,12-13H2,(H,15,17). The van der Waals surface area contributed by atoms with Crippen molar-refractivity contribution < 1.29 is 4.79 Å². The van der Waals surface area contributed by atoms with Crippen LogP contribution in [-0.4, -0.2) is 56.7 Å². The Morgan fingerprint density at radius 3 is 2.88 bits per heavy atom. The highest BCUT2D eigenvalue weighted by Gasteiger charge is 2.18. The summed E-state index contributed by atoms with van der Waals surface area (Å²) in [5, 5.41) is 6.13. The van der Waals surface area contributed by atoms with Crippen molar-refractivity contribution in [3.05, 3.63) is 0 Å². The van der Waals surface area contributed by atoms with Crippen LogP contribution in [0.3, 0.4) is 0 Å². The summed E-state index contributed by atoms with van der Waals surface area (Å²) in [6, 6.07) is 0.0466. The zero-order valence-corrected chi connectivity index (χ0v) is 10.5. The lowest BCUT2D eigenvalue weighted by molar-refractivity contribution is 0.217. The first kappa shape index (κ1) is 14.2. The third-order valence-corrected chi connectivity index (χ3v) is 3.09. The van der Waals surface area contributed by atoms with Gasteiger partial charge in [-0.2, -0.15) is 0 Å². The number of hydrogen-bond acceptors (Lipinski definition) is 4. The summed E-state index contributed by atoms with van der Waals surface area (Å²) < 4.78 is 0. The van der Waals surface area contributed by atoms with Gasteiger partial charge in [0, 0.05) is 26.2 Å². The molecule has 1 aliphatic heterocycles. The van der Waals surface area contributed by atoms with Gasteiger partial charge in [0.05, 0.1) is 0 Å². The van der Waals surface area contributed by atoms with E-state index in [0.29, 0.717) is 12.5 Å². The van der Waals surface area contributed by atoms with Gasteiger partial charge < -0.3 is 27.0 Å². The van der Waals surface area contributed by atoms with E-state index in [-0.39, 0.29) is 6.03 Å². The largest absolute Gasteiger partial charge is 0.336 e. The highest BCUT2D eigenvalue weighted by molar-refractivity contribution is 5.76. The van der Waals surface area contributed by atoms with Crippen molar-refractivity contribution in [1.29, 1.82) is 0 Å². The molecule has 1 atom stereocenters. The molecule has 0 aromatic heterocycles. The quantitative estimate of drug-likeness (QED) is 0.387. The van der Waals surface area contributed by atoms with Gasteiger partial charge in [0.2, 0.25) is 0 Å². The van der Waals surface area contributed by atoms with E-state index in [1.807, 2.05) is 4.90 Å². The minimum Gasteiger partial charge on any atom is -0.336 e. The van der Waals surface area contributed by atoms with Crippen LogP contribution in [0.1, 0.15) is 12.8 Å². The number of nitrogens with two attached hydrogens (primary N) is 2. The lowest BCUT2D eigenvalue weighted by atomic mass is 10.0. The molecule has 6 N–H and O–H groups in total. The van der Waals surface area contributed by atoms with Crippen LogP contribution >= 0.6 is 0 Å². The van der Waals surface area contributed by atoms with Crippen molar-refractivity contribution in [3.8, 4) is 0 Å². The molecule has 100 valence electrons. The van der Waals surface area contributed by atoms with E-state index in [0.717, 1.165) is 52.1 Å². The maximum absolute atomic E-state index is 11.3. The van der Waals surface area contributed by atoms with Gasteiger partial charge in [0.1, 0.15) is 0 Å². The third-order valence-electron chi connectivity index (χ3n) is 3.09. The predicted octanol–water partition coefficient (Wildman–Crippen LogP) is -1.08. The average Bonchev–Trinajstić information content (AvgIpc) is 2.74. The molecule has 1 unspecified atom stereocenters. The average molecular weight is 243 g/mol. The Morgan fingerprint density at radius 2 is 2.29 bits per heavy atom. The summed E-state index contributed by atoms with van der Waals surface area (Å²) in [4.78, 5) is 13.1. The number of nitrogens with one attached hydrogen (secondary N) is 2. The molecule has 0 aromatic rings. The Bertz CT molecular complexity index is 224. The Hall–Kier alpha value is -0.850. The summed E-state index contributed by atoms with van der Waals surface area (Å²) in [7, 11) is 0. The van der Waals surface area contributed by atoms with Gasteiger partial charge in [0.25, 0.3) is 0 Å². The molecule has 0 radical (unpaired) electrons. The van der Waals surface area contributed by atoms with E-state index < -0.39 is 0 Å². The minimum atomic E-state index is 0.0466. The number of hydrogen-bond donors (Lipinski definition) is 4. The molecule has 1 rings (SSSR count). The van der Waals surface area contributed by atoms with Gasteiger partial charge >= 0.3 is 6.03 Å². The maximum atomic E-state index is 11.3. The van der Waals surface area contributed by atoms with Crippen molar-refractivity contribution in [2.24, 2.45) is 17.4 Å². The van der Waals surface area contributed by atoms with E-state index >= 15 is 0 Å². The van der Waals surface area contributed by atoms with E-state index in [9.17, 15) is 4.79 Å². The normalized spacial score (nSPS) is 17.3. The lowest BCUT2D eigenvalue weighted by Crippen LogP contribution is -2.37. The molecule has 1 fully saturated rings. The molecule has 1 aliphatic rings. The number of urea groups is 1. The molecular formula is C11H25N5O.